The molecule has 1 aromatic rings. The Labute approximate surface area is 103 Å². The van der Waals surface area contributed by atoms with Crippen molar-refractivity contribution in [3.05, 3.63) is 18.0 Å². The fourth-order valence-electron chi connectivity index (χ4n) is 2.50. The molecule has 0 amide bonds. The summed E-state index contributed by atoms with van der Waals surface area (Å²) in [4.78, 5) is 11.3. The molecule has 1 aliphatic heterocycles. The van der Waals surface area contributed by atoms with Crippen LogP contribution in [0.25, 0.3) is 0 Å². The van der Waals surface area contributed by atoms with E-state index in [1.165, 1.54) is 12.8 Å². The van der Waals surface area contributed by atoms with Crippen LogP contribution in [0.4, 0.5) is 5.95 Å². The highest BCUT2D eigenvalue weighted by molar-refractivity contribution is 5.32. The Morgan fingerprint density at radius 2 is 2.06 bits per heavy atom. The number of nitrogens with one attached hydrogen (secondary N) is 1. The molecule has 1 aromatic heterocycles. The molecule has 1 saturated heterocycles. The molecule has 0 aliphatic carbocycles. The summed E-state index contributed by atoms with van der Waals surface area (Å²) in [6.45, 7) is 6.49. The molecule has 4 nitrogen and oxygen atoms in total. The van der Waals surface area contributed by atoms with Crippen molar-refractivity contribution >= 4 is 5.95 Å². The van der Waals surface area contributed by atoms with Gasteiger partial charge in [-0.15, -0.1) is 0 Å². The Morgan fingerprint density at radius 1 is 1.35 bits per heavy atom. The third kappa shape index (κ3) is 2.94. The molecular formula is C13H22N4. The second kappa shape index (κ2) is 5.45. The van der Waals surface area contributed by atoms with Crippen molar-refractivity contribution in [2.45, 2.75) is 39.3 Å². The Kier molecular flexibility index (Phi) is 3.94. The van der Waals surface area contributed by atoms with E-state index in [1.54, 1.807) is 0 Å². The van der Waals surface area contributed by atoms with Gasteiger partial charge < -0.3 is 10.2 Å². The van der Waals surface area contributed by atoms with Gasteiger partial charge in [0.2, 0.25) is 5.95 Å². The van der Waals surface area contributed by atoms with Gasteiger partial charge in [-0.05, 0) is 32.7 Å². The van der Waals surface area contributed by atoms with Crippen LogP contribution in [0.2, 0.25) is 0 Å². The van der Waals surface area contributed by atoms with Gasteiger partial charge in [0, 0.05) is 37.1 Å². The summed E-state index contributed by atoms with van der Waals surface area (Å²) in [6.07, 6.45) is 6.32. The molecule has 0 spiro atoms. The molecule has 2 rings (SSSR count). The molecule has 17 heavy (non-hydrogen) atoms. The van der Waals surface area contributed by atoms with E-state index < -0.39 is 0 Å². The van der Waals surface area contributed by atoms with Crippen LogP contribution in [0, 0.1) is 5.92 Å². The Bertz CT molecular complexity index is 349. The van der Waals surface area contributed by atoms with Crippen LogP contribution in [0.15, 0.2) is 12.4 Å². The molecule has 94 valence electrons. The van der Waals surface area contributed by atoms with Gasteiger partial charge in [0.05, 0.1) is 0 Å². The zero-order chi connectivity index (χ0) is 12.3. The highest BCUT2D eigenvalue weighted by Crippen LogP contribution is 2.24. The summed E-state index contributed by atoms with van der Waals surface area (Å²) < 4.78 is 0. The molecule has 2 heterocycles. The Morgan fingerprint density at radius 3 is 2.65 bits per heavy atom. The van der Waals surface area contributed by atoms with E-state index in [9.17, 15) is 0 Å². The monoisotopic (exact) mass is 234 g/mol. The molecule has 1 fully saturated rings. The Balaban J connectivity index is 2.06. The van der Waals surface area contributed by atoms with Gasteiger partial charge in [-0.25, -0.2) is 9.97 Å². The van der Waals surface area contributed by atoms with Crippen molar-refractivity contribution in [2.75, 3.05) is 18.5 Å². The van der Waals surface area contributed by atoms with Gasteiger partial charge in [-0.3, -0.25) is 0 Å². The SMILES string of the molecule is CNCc1cnc(N2CCC(C)CC2C)nc1. The number of nitrogens with zero attached hydrogens (tertiary/aromatic N) is 3. The fraction of sp³-hybridized carbons (Fsp3) is 0.692. The summed E-state index contributed by atoms with van der Waals surface area (Å²) in [5.74, 6) is 1.70. The first-order chi connectivity index (χ1) is 8.20. The lowest BCUT2D eigenvalue weighted by Gasteiger charge is -2.36. The van der Waals surface area contributed by atoms with E-state index in [2.05, 4.69) is 34.0 Å². The van der Waals surface area contributed by atoms with Gasteiger partial charge in [0.15, 0.2) is 0 Å². The number of hydrogen-bond acceptors (Lipinski definition) is 4. The van der Waals surface area contributed by atoms with Gasteiger partial charge in [0.25, 0.3) is 0 Å². The molecule has 1 N–H and O–H groups in total. The Hall–Kier alpha value is -1.16. The largest absolute Gasteiger partial charge is 0.338 e. The van der Waals surface area contributed by atoms with Crippen LogP contribution in [-0.4, -0.2) is 29.6 Å². The van der Waals surface area contributed by atoms with E-state index in [0.29, 0.717) is 6.04 Å². The topological polar surface area (TPSA) is 41.1 Å². The summed E-state index contributed by atoms with van der Waals surface area (Å²) >= 11 is 0. The molecule has 4 heteroatoms. The van der Waals surface area contributed by atoms with Crippen LogP contribution in [-0.2, 0) is 6.54 Å². The lowest BCUT2D eigenvalue weighted by Crippen LogP contribution is -2.41. The molecule has 0 radical (unpaired) electrons. The average Bonchev–Trinajstić information content (AvgIpc) is 2.31. The first kappa shape index (κ1) is 12.3. The van der Waals surface area contributed by atoms with Crippen LogP contribution in [0.3, 0.4) is 0 Å². The maximum atomic E-state index is 4.47. The number of aromatic nitrogens is 2. The van der Waals surface area contributed by atoms with Crippen molar-refractivity contribution < 1.29 is 0 Å². The first-order valence-electron chi connectivity index (χ1n) is 6.43. The maximum Gasteiger partial charge on any atom is 0.225 e. The minimum atomic E-state index is 0.550. The minimum Gasteiger partial charge on any atom is -0.338 e. The molecule has 0 aromatic carbocycles. The third-order valence-corrected chi connectivity index (χ3v) is 3.47. The van der Waals surface area contributed by atoms with Crippen molar-refractivity contribution in [1.29, 1.82) is 0 Å². The number of hydrogen-bond donors (Lipinski definition) is 1. The van der Waals surface area contributed by atoms with Gasteiger partial charge >= 0.3 is 0 Å². The smallest absolute Gasteiger partial charge is 0.225 e. The molecule has 1 aliphatic rings. The zero-order valence-electron chi connectivity index (χ0n) is 11.0. The minimum absolute atomic E-state index is 0.550. The van der Waals surface area contributed by atoms with Crippen molar-refractivity contribution in [3.8, 4) is 0 Å². The lowest BCUT2D eigenvalue weighted by molar-refractivity contribution is 0.374. The van der Waals surface area contributed by atoms with Crippen molar-refractivity contribution in [1.82, 2.24) is 15.3 Å². The van der Waals surface area contributed by atoms with E-state index >= 15 is 0 Å². The normalized spacial score (nSPS) is 25.0. The predicted octanol–water partition coefficient (Wildman–Crippen LogP) is 1.82. The number of anilines is 1. The van der Waals surface area contributed by atoms with Crippen LogP contribution >= 0.6 is 0 Å². The highest BCUT2D eigenvalue weighted by Gasteiger charge is 2.24. The number of piperidine rings is 1. The first-order valence-corrected chi connectivity index (χ1v) is 6.43. The van der Waals surface area contributed by atoms with Gasteiger partial charge in [-0.2, -0.15) is 0 Å². The van der Waals surface area contributed by atoms with E-state index in [0.717, 1.165) is 30.5 Å². The van der Waals surface area contributed by atoms with Gasteiger partial charge in [0.1, 0.15) is 0 Å². The number of rotatable bonds is 3. The molecule has 0 saturated carbocycles. The van der Waals surface area contributed by atoms with Crippen LogP contribution in [0.5, 0.6) is 0 Å². The lowest BCUT2D eigenvalue weighted by atomic mass is 9.94. The van der Waals surface area contributed by atoms with Crippen molar-refractivity contribution in [3.63, 3.8) is 0 Å². The standard InChI is InChI=1S/C13H22N4/c1-10-4-5-17(11(2)6-10)13-15-8-12(7-14-3)9-16-13/h8-11,14H,4-7H2,1-3H3. The molecular weight excluding hydrogens is 212 g/mol. The maximum absolute atomic E-state index is 4.47. The predicted molar refractivity (Wildman–Crippen MR) is 70.0 cm³/mol. The summed E-state index contributed by atoms with van der Waals surface area (Å²) in [6, 6.07) is 0.550. The quantitative estimate of drug-likeness (QED) is 0.866. The van der Waals surface area contributed by atoms with E-state index in [4.69, 9.17) is 0 Å². The fourth-order valence-corrected chi connectivity index (χ4v) is 2.50. The second-order valence-corrected chi connectivity index (χ2v) is 5.09. The molecule has 2 atom stereocenters. The average molecular weight is 234 g/mol. The summed E-state index contributed by atoms with van der Waals surface area (Å²) in [5.41, 5.74) is 1.13. The van der Waals surface area contributed by atoms with Gasteiger partial charge in [-0.1, -0.05) is 6.92 Å². The molecule has 2 unspecified atom stereocenters. The zero-order valence-corrected chi connectivity index (χ0v) is 11.0. The summed E-state index contributed by atoms with van der Waals surface area (Å²) in [7, 11) is 1.93. The highest BCUT2D eigenvalue weighted by atomic mass is 15.3. The second-order valence-electron chi connectivity index (χ2n) is 5.09. The van der Waals surface area contributed by atoms with E-state index in [-0.39, 0.29) is 0 Å². The van der Waals surface area contributed by atoms with E-state index in [1.807, 2.05) is 19.4 Å². The summed E-state index contributed by atoms with van der Waals surface area (Å²) in [5, 5.41) is 3.10. The van der Waals surface area contributed by atoms with Crippen molar-refractivity contribution in [2.24, 2.45) is 5.92 Å². The van der Waals surface area contributed by atoms with Crippen LogP contribution < -0.4 is 10.2 Å². The molecule has 0 bridgehead atoms. The van der Waals surface area contributed by atoms with Crippen LogP contribution in [0.1, 0.15) is 32.3 Å². The third-order valence-electron chi connectivity index (χ3n) is 3.47.